The summed E-state index contributed by atoms with van der Waals surface area (Å²) < 4.78 is 0. The second-order valence-corrected chi connectivity index (χ2v) is 6.04. The number of hydrogen-bond acceptors (Lipinski definition) is 6. The van der Waals surface area contributed by atoms with Crippen LogP contribution in [0.4, 0.5) is 5.82 Å². The highest BCUT2D eigenvalue weighted by Crippen LogP contribution is 2.21. The number of amides is 1. The fourth-order valence-corrected chi connectivity index (χ4v) is 2.00. The van der Waals surface area contributed by atoms with Crippen LogP contribution in [0.25, 0.3) is 0 Å². The molecule has 9 nitrogen and oxygen atoms in total. The molecular weight excluding hydrogens is 300 g/mol. The molecule has 1 fully saturated rings. The van der Waals surface area contributed by atoms with E-state index in [0.717, 1.165) is 0 Å². The molecule has 1 aliphatic rings. The van der Waals surface area contributed by atoms with Crippen molar-refractivity contribution in [1.29, 1.82) is 5.26 Å². The summed E-state index contributed by atoms with van der Waals surface area (Å²) in [5, 5.41) is 24.0. The van der Waals surface area contributed by atoms with Crippen molar-refractivity contribution < 1.29 is 14.6 Å². The summed E-state index contributed by atoms with van der Waals surface area (Å²) in [6.45, 7) is 5.70. The summed E-state index contributed by atoms with van der Waals surface area (Å²) in [5.41, 5.74) is 1.96. The Morgan fingerprint density at radius 3 is 2.87 bits per heavy atom. The molecule has 0 spiro atoms. The molecular formula is C14H18N6O3. The van der Waals surface area contributed by atoms with E-state index < -0.39 is 11.6 Å². The van der Waals surface area contributed by atoms with Crippen LogP contribution in [0.2, 0.25) is 0 Å². The van der Waals surface area contributed by atoms with Gasteiger partial charge in [0, 0.05) is 24.3 Å². The van der Waals surface area contributed by atoms with E-state index in [9.17, 15) is 10.0 Å². The van der Waals surface area contributed by atoms with E-state index in [1.165, 1.54) is 11.1 Å². The average molecular weight is 318 g/mol. The van der Waals surface area contributed by atoms with Gasteiger partial charge in [-0.15, -0.1) is 0 Å². The first-order chi connectivity index (χ1) is 10.8. The maximum absolute atomic E-state index is 12.3. The smallest absolute Gasteiger partial charge is 0.260 e. The second kappa shape index (κ2) is 6.58. The third-order valence-corrected chi connectivity index (χ3v) is 2.97. The van der Waals surface area contributed by atoms with Crippen LogP contribution in [0.1, 0.15) is 32.8 Å². The van der Waals surface area contributed by atoms with E-state index >= 15 is 0 Å². The summed E-state index contributed by atoms with van der Waals surface area (Å²) in [5.74, 6) is 0.136. The number of carbonyl (C=O) groups is 1. The van der Waals surface area contributed by atoms with Crippen molar-refractivity contribution in [3.05, 3.63) is 29.1 Å². The molecule has 0 saturated carbocycles. The lowest BCUT2D eigenvalue weighted by molar-refractivity contribution is -0.651. The predicted octanol–water partition coefficient (Wildman–Crippen LogP) is 1.26. The maximum Gasteiger partial charge on any atom is 0.260 e. The standard InChI is InChI=1S/C14H18N6O3/c1-14(2,3)17-20(22)18-23-11-6-7-19(13(11)21)12-5-4-10(8-15)9-16-12/h4-5,9,11H,6-7H2,1-3H3,(H,17,18)/t11-/m1/s1. The largest absolute Gasteiger partial charge is 0.570 e. The third kappa shape index (κ3) is 4.37. The monoisotopic (exact) mass is 318 g/mol. The quantitative estimate of drug-likeness (QED) is 0.507. The molecule has 2 rings (SSSR count). The van der Waals surface area contributed by atoms with Crippen LogP contribution in [0.5, 0.6) is 0 Å². The predicted molar refractivity (Wildman–Crippen MR) is 79.7 cm³/mol. The zero-order valence-electron chi connectivity index (χ0n) is 13.2. The molecule has 1 aromatic rings. The molecule has 1 amide bonds. The first kappa shape index (κ1) is 16.6. The summed E-state index contributed by atoms with van der Waals surface area (Å²) in [4.78, 5) is 23.1. The Balaban J connectivity index is 1.96. The lowest BCUT2D eigenvalue weighted by atomic mass is 10.1. The van der Waals surface area contributed by atoms with Crippen LogP contribution in [0.15, 0.2) is 23.4 Å². The molecule has 0 radical (unpaired) electrons. The minimum absolute atomic E-state index is 0.204. The van der Waals surface area contributed by atoms with Crippen molar-refractivity contribution in [2.24, 2.45) is 5.11 Å². The molecule has 1 saturated heterocycles. The van der Waals surface area contributed by atoms with Crippen molar-refractivity contribution in [2.45, 2.75) is 38.8 Å². The molecule has 0 unspecified atom stereocenters. The highest BCUT2D eigenvalue weighted by Gasteiger charge is 2.35. The molecule has 1 atom stereocenters. The Bertz CT molecular complexity index is 644. The molecule has 1 aromatic heterocycles. The topological polar surface area (TPSA) is 117 Å². The zero-order chi connectivity index (χ0) is 17.0. The molecule has 1 N–H and O–H groups in total. The van der Waals surface area contributed by atoms with Gasteiger partial charge in [-0.25, -0.2) is 9.82 Å². The highest BCUT2D eigenvalue weighted by molar-refractivity contribution is 5.97. The van der Waals surface area contributed by atoms with E-state index in [4.69, 9.17) is 10.1 Å². The molecule has 1 aliphatic heterocycles. The van der Waals surface area contributed by atoms with Crippen molar-refractivity contribution >= 4 is 11.7 Å². The van der Waals surface area contributed by atoms with Crippen LogP contribution in [0, 0.1) is 16.5 Å². The van der Waals surface area contributed by atoms with Gasteiger partial charge in [0.2, 0.25) is 0 Å². The summed E-state index contributed by atoms with van der Waals surface area (Å²) in [6.07, 6.45) is 1.02. The van der Waals surface area contributed by atoms with Crippen LogP contribution in [-0.4, -0.2) is 34.0 Å². The minimum Gasteiger partial charge on any atom is -0.570 e. The Kier molecular flexibility index (Phi) is 4.76. The second-order valence-electron chi connectivity index (χ2n) is 6.04. The van der Waals surface area contributed by atoms with E-state index in [2.05, 4.69) is 15.7 Å². The minimum atomic E-state index is -0.793. The SMILES string of the molecule is CC(C)(C)N=[N+]([O-])NO[C@@H]1CCN(c2ccc(C#N)cn2)C1=O. The molecule has 0 aliphatic carbocycles. The van der Waals surface area contributed by atoms with E-state index in [0.29, 0.717) is 24.3 Å². The Morgan fingerprint density at radius 1 is 1.57 bits per heavy atom. The lowest BCUT2D eigenvalue weighted by Gasteiger charge is -2.15. The summed E-state index contributed by atoms with van der Waals surface area (Å²) in [6, 6.07) is 5.15. The van der Waals surface area contributed by atoms with Gasteiger partial charge in [-0.1, -0.05) is 0 Å². The van der Waals surface area contributed by atoms with E-state index in [1.54, 1.807) is 32.9 Å². The molecule has 2 heterocycles. The Labute approximate surface area is 133 Å². The van der Waals surface area contributed by atoms with Crippen molar-refractivity contribution in [1.82, 2.24) is 10.6 Å². The van der Waals surface area contributed by atoms with Gasteiger partial charge in [-0.2, -0.15) is 5.26 Å². The Hall–Kier alpha value is -2.73. The number of nitrogens with one attached hydrogen (secondary N) is 1. The van der Waals surface area contributed by atoms with Crippen LogP contribution < -0.4 is 10.5 Å². The zero-order valence-corrected chi connectivity index (χ0v) is 13.2. The van der Waals surface area contributed by atoms with Gasteiger partial charge >= 0.3 is 0 Å². The maximum atomic E-state index is 12.3. The molecule has 0 aromatic carbocycles. The van der Waals surface area contributed by atoms with Gasteiger partial charge in [-0.3, -0.25) is 9.69 Å². The fraction of sp³-hybridized carbons (Fsp3) is 0.500. The van der Waals surface area contributed by atoms with Crippen molar-refractivity contribution in [3.8, 4) is 6.07 Å². The van der Waals surface area contributed by atoms with E-state index in [1.807, 2.05) is 6.07 Å². The van der Waals surface area contributed by atoms with Gasteiger partial charge in [0.1, 0.15) is 17.4 Å². The molecule has 0 bridgehead atoms. The first-order valence-corrected chi connectivity index (χ1v) is 7.09. The first-order valence-electron chi connectivity index (χ1n) is 7.09. The number of anilines is 1. The number of aromatic nitrogens is 1. The number of nitrogens with zero attached hydrogens (tertiary/aromatic N) is 5. The van der Waals surface area contributed by atoms with E-state index in [-0.39, 0.29) is 10.9 Å². The molecule has 9 heteroatoms. The number of carbonyl (C=O) groups excluding carboxylic acids is 1. The number of hydrazine groups is 1. The number of nitriles is 1. The van der Waals surface area contributed by atoms with Crippen LogP contribution in [0.3, 0.4) is 0 Å². The normalized spacial score (nSPS) is 18.9. The number of hydrogen-bond donors (Lipinski definition) is 1. The van der Waals surface area contributed by atoms with Crippen molar-refractivity contribution in [3.63, 3.8) is 0 Å². The van der Waals surface area contributed by atoms with Crippen LogP contribution in [-0.2, 0) is 9.63 Å². The third-order valence-electron chi connectivity index (χ3n) is 2.97. The number of pyridine rings is 1. The van der Waals surface area contributed by atoms with Gasteiger partial charge in [-0.05, 0) is 38.5 Å². The van der Waals surface area contributed by atoms with Gasteiger partial charge < -0.3 is 5.21 Å². The highest BCUT2D eigenvalue weighted by atomic mass is 16.8. The molecule has 23 heavy (non-hydrogen) atoms. The average Bonchev–Trinajstić information content (AvgIpc) is 2.84. The van der Waals surface area contributed by atoms with Gasteiger partial charge in [0.25, 0.3) is 5.91 Å². The fourth-order valence-electron chi connectivity index (χ4n) is 2.00. The van der Waals surface area contributed by atoms with Gasteiger partial charge in [0.05, 0.1) is 10.5 Å². The summed E-state index contributed by atoms with van der Waals surface area (Å²) >= 11 is 0. The summed E-state index contributed by atoms with van der Waals surface area (Å²) in [7, 11) is 0. The van der Waals surface area contributed by atoms with Crippen LogP contribution >= 0.6 is 0 Å². The van der Waals surface area contributed by atoms with Crippen molar-refractivity contribution in [2.75, 3.05) is 11.4 Å². The van der Waals surface area contributed by atoms with Gasteiger partial charge in [0.15, 0.2) is 6.10 Å². The molecule has 122 valence electrons. The number of rotatable bonds is 4. The Morgan fingerprint density at radius 2 is 2.30 bits per heavy atom. The lowest BCUT2D eigenvalue weighted by Crippen LogP contribution is -2.37.